The van der Waals surface area contributed by atoms with Crippen LogP contribution in [0.5, 0.6) is 11.5 Å². The number of nitrogens with zero attached hydrogens (tertiary/aromatic N) is 2. The molecule has 3 aromatic carbocycles. The summed E-state index contributed by atoms with van der Waals surface area (Å²) in [6.45, 7) is 0.607. The molecule has 0 aliphatic carbocycles. The van der Waals surface area contributed by atoms with Crippen molar-refractivity contribution in [3.05, 3.63) is 94.8 Å². The van der Waals surface area contributed by atoms with E-state index in [-0.39, 0.29) is 18.4 Å². The van der Waals surface area contributed by atoms with Gasteiger partial charge in [0.25, 0.3) is 0 Å². The zero-order chi connectivity index (χ0) is 27.3. The van der Waals surface area contributed by atoms with Gasteiger partial charge in [0, 0.05) is 11.8 Å². The molecule has 38 heavy (non-hydrogen) atoms. The molecule has 0 unspecified atom stereocenters. The fourth-order valence-corrected chi connectivity index (χ4v) is 4.03. The molecule has 1 heterocycles. The minimum atomic E-state index is -4.73. The van der Waals surface area contributed by atoms with Crippen molar-refractivity contribution in [1.82, 2.24) is 9.97 Å². The fraction of sp³-hybridized carbons (Fsp3) is 0.286. The predicted octanol–water partition coefficient (Wildman–Crippen LogP) is 6.96. The van der Waals surface area contributed by atoms with Crippen molar-refractivity contribution in [3.8, 4) is 11.5 Å². The second-order valence-corrected chi connectivity index (χ2v) is 8.65. The van der Waals surface area contributed by atoms with Crippen molar-refractivity contribution >= 4 is 10.8 Å². The summed E-state index contributed by atoms with van der Waals surface area (Å²) in [6, 6.07) is 10.6. The van der Waals surface area contributed by atoms with Crippen molar-refractivity contribution in [3.63, 3.8) is 0 Å². The molecule has 0 aliphatic heterocycles. The number of fused-ring (bicyclic) bond motifs is 1. The Bertz CT molecular complexity index is 1380. The van der Waals surface area contributed by atoms with Gasteiger partial charge in [0.05, 0.1) is 19.0 Å². The van der Waals surface area contributed by atoms with Crippen LogP contribution in [-0.4, -0.2) is 29.4 Å². The van der Waals surface area contributed by atoms with E-state index in [9.17, 15) is 22.0 Å². The highest BCUT2D eigenvalue weighted by Crippen LogP contribution is 2.28. The second-order valence-electron chi connectivity index (χ2n) is 8.65. The number of ether oxygens (including phenoxy) is 2. The molecule has 0 N–H and O–H groups in total. The van der Waals surface area contributed by atoms with Crippen LogP contribution in [-0.2, 0) is 25.7 Å². The van der Waals surface area contributed by atoms with Gasteiger partial charge in [0.15, 0.2) is 29.7 Å². The fourth-order valence-electron chi connectivity index (χ4n) is 4.03. The zero-order valence-electron chi connectivity index (χ0n) is 20.4. The molecule has 0 radical (unpaired) electrons. The van der Waals surface area contributed by atoms with E-state index in [0.717, 1.165) is 17.7 Å². The highest BCUT2D eigenvalue weighted by atomic mass is 19.4. The molecule has 0 fully saturated rings. The molecule has 200 valence electrons. The molecule has 0 atom stereocenters. The Kier molecular flexibility index (Phi) is 8.38. The Morgan fingerprint density at radius 3 is 2.11 bits per heavy atom. The Balaban J connectivity index is 1.41. The first-order chi connectivity index (χ1) is 18.1. The monoisotopic (exact) mass is 534 g/mol. The van der Waals surface area contributed by atoms with Crippen molar-refractivity contribution in [2.75, 3.05) is 13.2 Å². The molecule has 0 spiro atoms. The zero-order valence-corrected chi connectivity index (χ0v) is 20.4. The molecule has 0 bridgehead atoms. The van der Waals surface area contributed by atoms with E-state index in [1.807, 2.05) is 19.1 Å². The quantitative estimate of drug-likeness (QED) is 0.207. The third kappa shape index (κ3) is 6.93. The maximum atomic E-state index is 15.2. The lowest BCUT2D eigenvalue weighted by Crippen LogP contribution is -2.20. The van der Waals surface area contributed by atoms with Crippen LogP contribution >= 0.6 is 0 Å². The molecular weight excluding hydrogens is 510 g/mol. The van der Waals surface area contributed by atoms with Crippen LogP contribution in [0.25, 0.3) is 10.8 Å². The third-order valence-electron chi connectivity index (χ3n) is 5.85. The molecule has 0 amide bonds. The standard InChI is InChI=1S/C28H24F6N2O2/c1-2-37-21-14-35-25(36-15-21)10-5-17-4-9-22-20(11-17)8-7-19(26(22)31)6-3-18-12-23(29)27(24(30)13-18)38-16-28(32,33)34/h4,7-9,11-15H,2-3,5-6,10,16H2,1H3. The van der Waals surface area contributed by atoms with E-state index >= 15 is 4.39 Å². The van der Waals surface area contributed by atoms with Crippen molar-refractivity contribution in [1.29, 1.82) is 0 Å². The third-order valence-corrected chi connectivity index (χ3v) is 5.85. The van der Waals surface area contributed by atoms with E-state index < -0.39 is 36.0 Å². The van der Waals surface area contributed by atoms with E-state index in [4.69, 9.17) is 4.74 Å². The smallest absolute Gasteiger partial charge is 0.422 e. The van der Waals surface area contributed by atoms with Crippen LogP contribution in [0.1, 0.15) is 29.4 Å². The lowest BCUT2D eigenvalue weighted by molar-refractivity contribution is -0.154. The Morgan fingerprint density at radius 2 is 1.45 bits per heavy atom. The topological polar surface area (TPSA) is 44.2 Å². The SMILES string of the molecule is CCOc1cnc(CCc2ccc3c(F)c(CCc4cc(F)c(OCC(F)(F)F)c(F)c4)ccc3c2)nc1. The first kappa shape index (κ1) is 27.2. The largest absolute Gasteiger partial charge is 0.491 e. The summed E-state index contributed by atoms with van der Waals surface area (Å²) < 4.78 is 89.9. The highest BCUT2D eigenvalue weighted by molar-refractivity contribution is 5.84. The van der Waals surface area contributed by atoms with Gasteiger partial charge >= 0.3 is 6.18 Å². The van der Waals surface area contributed by atoms with Gasteiger partial charge in [-0.15, -0.1) is 0 Å². The predicted molar refractivity (Wildman–Crippen MR) is 130 cm³/mol. The first-order valence-electron chi connectivity index (χ1n) is 11.9. The first-order valence-corrected chi connectivity index (χ1v) is 11.9. The summed E-state index contributed by atoms with van der Waals surface area (Å²) in [5, 5.41) is 1.12. The average Bonchev–Trinajstić information content (AvgIpc) is 2.87. The number of benzene rings is 3. The molecule has 10 heteroatoms. The van der Waals surface area contributed by atoms with Gasteiger partial charge in [-0.1, -0.05) is 30.3 Å². The van der Waals surface area contributed by atoms with Crippen molar-refractivity contribution in [2.45, 2.75) is 38.8 Å². The maximum Gasteiger partial charge on any atom is 0.422 e. The molecule has 1 aromatic heterocycles. The Morgan fingerprint density at radius 1 is 0.763 bits per heavy atom. The van der Waals surface area contributed by atoms with Gasteiger partial charge in [-0.05, 0) is 60.4 Å². The molecule has 0 saturated heterocycles. The van der Waals surface area contributed by atoms with Crippen LogP contribution < -0.4 is 9.47 Å². The Labute approximate surface area is 215 Å². The number of aromatic nitrogens is 2. The number of hydrogen-bond donors (Lipinski definition) is 0. The number of alkyl halides is 3. The lowest BCUT2D eigenvalue weighted by atomic mass is 9.98. The van der Waals surface area contributed by atoms with Gasteiger partial charge < -0.3 is 9.47 Å². The number of hydrogen-bond acceptors (Lipinski definition) is 4. The normalized spacial score (nSPS) is 11.7. The second kappa shape index (κ2) is 11.7. The van der Waals surface area contributed by atoms with Crippen LogP contribution in [0.4, 0.5) is 26.3 Å². The summed E-state index contributed by atoms with van der Waals surface area (Å²) in [4.78, 5) is 8.57. The van der Waals surface area contributed by atoms with E-state index in [2.05, 4.69) is 14.7 Å². The summed E-state index contributed by atoms with van der Waals surface area (Å²) in [7, 11) is 0. The Hall–Kier alpha value is -3.82. The molecule has 4 nitrogen and oxygen atoms in total. The summed E-state index contributed by atoms with van der Waals surface area (Å²) >= 11 is 0. The van der Waals surface area contributed by atoms with Gasteiger partial charge in [-0.2, -0.15) is 13.2 Å². The molecule has 4 aromatic rings. The van der Waals surface area contributed by atoms with Crippen LogP contribution in [0.3, 0.4) is 0 Å². The van der Waals surface area contributed by atoms with Crippen LogP contribution in [0, 0.1) is 17.5 Å². The molecule has 0 saturated carbocycles. The van der Waals surface area contributed by atoms with Gasteiger partial charge in [0.1, 0.15) is 11.6 Å². The van der Waals surface area contributed by atoms with Crippen LogP contribution in [0.15, 0.2) is 54.9 Å². The van der Waals surface area contributed by atoms with E-state index in [1.165, 1.54) is 0 Å². The van der Waals surface area contributed by atoms with E-state index in [0.29, 0.717) is 47.4 Å². The number of aryl methyl sites for hydroxylation is 4. The minimum Gasteiger partial charge on any atom is -0.491 e. The number of rotatable bonds is 10. The maximum absolute atomic E-state index is 15.2. The van der Waals surface area contributed by atoms with Gasteiger partial charge in [0.2, 0.25) is 0 Å². The summed E-state index contributed by atoms with van der Waals surface area (Å²) in [5.74, 6) is -2.74. The molecular formula is C28H24F6N2O2. The summed E-state index contributed by atoms with van der Waals surface area (Å²) in [6.07, 6.45) is 0.00937. The van der Waals surface area contributed by atoms with Gasteiger partial charge in [-0.25, -0.2) is 23.1 Å². The van der Waals surface area contributed by atoms with E-state index in [1.54, 1.807) is 30.6 Å². The average molecular weight is 535 g/mol. The molecule has 0 aliphatic rings. The summed E-state index contributed by atoms with van der Waals surface area (Å²) in [5.41, 5.74) is 1.51. The van der Waals surface area contributed by atoms with Crippen molar-refractivity contribution in [2.24, 2.45) is 0 Å². The van der Waals surface area contributed by atoms with Crippen LogP contribution in [0.2, 0.25) is 0 Å². The minimum absolute atomic E-state index is 0.0794. The lowest BCUT2D eigenvalue weighted by Gasteiger charge is -2.12. The highest BCUT2D eigenvalue weighted by Gasteiger charge is 2.30. The molecule has 4 rings (SSSR count). The number of halogens is 6. The van der Waals surface area contributed by atoms with Gasteiger partial charge in [-0.3, -0.25) is 0 Å². The van der Waals surface area contributed by atoms with Crippen molar-refractivity contribution < 1.29 is 35.8 Å².